The van der Waals surface area contributed by atoms with Crippen LogP contribution < -0.4 is 0 Å². The van der Waals surface area contributed by atoms with Crippen LogP contribution in [0.3, 0.4) is 0 Å². The lowest BCUT2D eigenvalue weighted by molar-refractivity contribution is -0.339. The van der Waals surface area contributed by atoms with E-state index in [1.807, 2.05) is 37.3 Å². The van der Waals surface area contributed by atoms with Gasteiger partial charge in [0.1, 0.15) is 54.4 Å². The Morgan fingerprint density at radius 3 is 1.92 bits per heavy atom. The summed E-state index contributed by atoms with van der Waals surface area (Å²) in [5.74, 6) is -0.482. The normalized spacial score (nSPS) is 57.1. The molecule has 0 saturated carbocycles. The van der Waals surface area contributed by atoms with Crippen molar-refractivity contribution in [1.82, 2.24) is 0 Å². The molecule has 0 aromatic rings. The van der Waals surface area contributed by atoms with Crippen LogP contribution in [0.1, 0.15) is 105 Å². The average molecular weight is 1060 g/mol. The summed E-state index contributed by atoms with van der Waals surface area (Å²) in [5, 5.41) is 36.2. The highest BCUT2D eigenvalue weighted by Crippen LogP contribution is 2.52. The molecule has 13 aliphatic heterocycles. The third kappa shape index (κ3) is 9.58. The number of allylic oxidation sites excluding steroid dienone is 2. The number of rotatable bonds is 2. The molecule has 16 heteroatoms. The Kier molecular flexibility index (Phi) is 14.9. The van der Waals surface area contributed by atoms with Crippen LogP contribution in [0.2, 0.25) is 0 Å². The van der Waals surface area contributed by atoms with Crippen LogP contribution >= 0.6 is 0 Å². The summed E-state index contributed by atoms with van der Waals surface area (Å²) in [4.78, 5) is 0. The Morgan fingerprint density at radius 2 is 1.13 bits per heavy atom. The largest absolute Gasteiger partial charge is 0.390 e. The summed E-state index contributed by atoms with van der Waals surface area (Å²) in [6, 6.07) is 0. The fourth-order valence-electron chi connectivity index (χ4n) is 15.8. The van der Waals surface area contributed by atoms with Crippen molar-refractivity contribution in [3.05, 3.63) is 73.4 Å². The van der Waals surface area contributed by atoms with Gasteiger partial charge in [0.2, 0.25) is 0 Å². The van der Waals surface area contributed by atoms with Crippen molar-refractivity contribution in [2.45, 2.75) is 269 Å². The SMILES string of the molecule is C=C/C=C/[C@H]1C=CC[C@@H]2O[C@@H]3CC4O[C@@H]5C=C[C@@H]6O[C@@H]7CC(O)[C@]8(C)O[C@@H]9C[C@H](C)C[C@@H]%10O[C@@H]%11C(C)C(O)[C@@H]%12O[C@]%13(CCCO%13)[C@@H](C)[C@H](C)[C@H]%12O[C@H]%11C[C@H]%10O[C@H]9C[C@H]8O[C@H]7C/C=C\C[C@H]6O[C@H]5C=C[C@H]4O[C@H]3[C@H](O)[C@H]2O1. The number of ether oxygens (including phenoxy) is 13. The second-order valence-electron chi connectivity index (χ2n) is 25.1. The summed E-state index contributed by atoms with van der Waals surface area (Å²) in [6.07, 6.45) is 18.3. The maximum Gasteiger partial charge on any atom is 0.171 e. The van der Waals surface area contributed by atoms with E-state index in [0.29, 0.717) is 51.6 Å². The molecule has 13 rings (SSSR count). The highest BCUT2D eigenvalue weighted by Gasteiger charge is 2.62. The zero-order valence-electron chi connectivity index (χ0n) is 44.9. The summed E-state index contributed by atoms with van der Waals surface area (Å²) >= 11 is 0. The first-order valence-electron chi connectivity index (χ1n) is 29.3. The Bertz CT molecular complexity index is 2230. The van der Waals surface area contributed by atoms with Crippen LogP contribution in [0, 0.1) is 23.7 Å². The van der Waals surface area contributed by atoms with Gasteiger partial charge in [-0.15, -0.1) is 0 Å². The van der Waals surface area contributed by atoms with E-state index < -0.39 is 84.6 Å². The molecule has 0 aromatic heterocycles. The van der Waals surface area contributed by atoms with Gasteiger partial charge in [-0.05, 0) is 57.3 Å². The highest BCUT2D eigenvalue weighted by atomic mass is 16.7. The van der Waals surface area contributed by atoms with Gasteiger partial charge in [-0.25, -0.2) is 0 Å². The summed E-state index contributed by atoms with van der Waals surface area (Å²) < 4.78 is 89.5. The molecule has 13 heterocycles. The van der Waals surface area contributed by atoms with E-state index in [4.69, 9.17) is 61.6 Å². The first-order chi connectivity index (χ1) is 36.8. The van der Waals surface area contributed by atoms with Crippen molar-refractivity contribution in [3.63, 3.8) is 0 Å². The minimum atomic E-state index is -1.01. The fraction of sp³-hybridized carbons (Fsp3) is 0.800. The van der Waals surface area contributed by atoms with Gasteiger partial charge in [0.05, 0.1) is 110 Å². The maximum atomic E-state index is 12.4. The second-order valence-corrected chi connectivity index (χ2v) is 25.1. The molecule has 0 bridgehead atoms. The molecule has 4 unspecified atom stereocenters. The van der Waals surface area contributed by atoms with Gasteiger partial charge in [-0.1, -0.05) is 101 Å². The van der Waals surface area contributed by atoms with Crippen LogP contribution in [0.15, 0.2) is 73.4 Å². The predicted molar refractivity (Wildman–Crippen MR) is 275 cm³/mol. The van der Waals surface area contributed by atoms with Crippen molar-refractivity contribution in [1.29, 1.82) is 0 Å². The Labute approximate surface area is 448 Å². The number of aliphatic hydroxyl groups excluding tert-OH is 3. The van der Waals surface area contributed by atoms with Crippen LogP contribution in [0.25, 0.3) is 0 Å². The maximum absolute atomic E-state index is 12.4. The monoisotopic (exact) mass is 1060 g/mol. The molecule has 9 saturated heterocycles. The minimum Gasteiger partial charge on any atom is -0.390 e. The molecular weight excluding hydrogens is 977 g/mol. The van der Waals surface area contributed by atoms with Crippen molar-refractivity contribution >= 4 is 0 Å². The lowest BCUT2D eigenvalue weighted by Crippen LogP contribution is -2.63. The first kappa shape index (κ1) is 53.1. The average Bonchev–Trinajstić information content (AvgIpc) is 3.62. The Balaban J connectivity index is 0.686. The standard InChI is InChI=1S/C60H84O16/c1-7-8-13-34-14-11-17-41-56(65-34)53(63)57-49(69-41)26-43-40(72-57)21-20-38-39(67-43)19-18-37-35(66-38)15-9-10-16-36-45(68-37)28-50(61)59(6)51(71-36)29-46-47(75-59)25-30(2)24-42-44(70-46)27-48-54(73-42)32(4)52(62)58-55(74-48)31(3)33(5)60(76-58)22-12-23-64-60/h7-11,13-14,18-21,30-58,61-63H,1,12,15-17,22-29H2,2-6H3/b10-9-,13-8+/t30-,31+,32?,33+,34+,35-,36+,37+,38+,39-,40-,41+,42+,43?,44-,45-,46+,47-,48+,49-,50?,51-,52?,53-,54-,55-,56+,57-,58+,59+,60-/m1/s1. The van der Waals surface area contributed by atoms with Crippen LogP contribution in [0.4, 0.5) is 0 Å². The van der Waals surface area contributed by atoms with Crippen LogP contribution in [-0.4, -0.2) is 186 Å². The van der Waals surface area contributed by atoms with Gasteiger partial charge in [-0.3, -0.25) is 0 Å². The lowest BCUT2D eigenvalue weighted by Gasteiger charge is -2.53. The van der Waals surface area contributed by atoms with E-state index in [-0.39, 0.29) is 103 Å². The smallest absolute Gasteiger partial charge is 0.171 e. The third-order valence-electron chi connectivity index (χ3n) is 20.3. The number of hydrogen-bond donors (Lipinski definition) is 3. The zero-order valence-corrected chi connectivity index (χ0v) is 44.9. The number of hydrogen-bond acceptors (Lipinski definition) is 16. The fourth-order valence-corrected chi connectivity index (χ4v) is 15.8. The van der Waals surface area contributed by atoms with E-state index in [1.54, 1.807) is 6.08 Å². The van der Waals surface area contributed by atoms with Crippen molar-refractivity contribution in [2.75, 3.05) is 6.61 Å². The molecule has 0 amide bonds. The van der Waals surface area contributed by atoms with Crippen LogP contribution in [-0.2, 0) is 61.6 Å². The van der Waals surface area contributed by atoms with E-state index >= 15 is 0 Å². The van der Waals surface area contributed by atoms with Gasteiger partial charge in [0, 0.05) is 43.9 Å². The molecular formula is C60H84O16. The van der Waals surface area contributed by atoms with Crippen molar-refractivity contribution in [2.24, 2.45) is 23.7 Å². The lowest BCUT2D eigenvalue weighted by atomic mass is 9.76. The van der Waals surface area contributed by atoms with Gasteiger partial charge < -0.3 is 76.9 Å². The summed E-state index contributed by atoms with van der Waals surface area (Å²) in [6.45, 7) is 15.2. The topological polar surface area (TPSA) is 181 Å². The molecule has 31 atom stereocenters. The van der Waals surface area contributed by atoms with E-state index in [1.165, 1.54) is 0 Å². The number of aliphatic hydroxyl groups is 3. The Hall–Kier alpha value is -2.20. The first-order valence-corrected chi connectivity index (χ1v) is 29.3. The summed E-state index contributed by atoms with van der Waals surface area (Å²) in [7, 11) is 0. The molecule has 0 radical (unpaired) electrons. The molecule has 13 aliphatic rings. The molecule has 76 heavy (non-hydrogen) atoms. The van der Waals surface area contributed by atoms with Crippen molar-refractivity contribution < 1.29 is 76.9 Å². The van der Waals surface area contributed by atoms with Crippen LogP contribution in [0.5, 0.6) is 0 Å². The molecule has 420 valence electrons. The Morgan fingerprint density at radius 1 is 0.500 bits per heavy atom. The van der Waals surface area contributed by atoms with Gasteiger partial charge in [0.15, 0.2) is 5.79 Å². The highest BCUT2D eigenvalue weighted by molar-refractivity contribution is 5.18. The zero-order chi connectivity index (χ0) is 52.2. The molecule has 3 N–H and O–H groups in total. The van der Waals surface area contributed by atoms with Crippen molar-refractivity contribution in [3.8, 4) is 0 Å². The molecule has 16 nitrogen and oxygen atoms in total. The summed E-state index contributed by atoms with van der Waals surface area (Å²) in [5.41, 5.74) is -1.01. The molecule has 9 fully saturated rings. The van der Waals surface area contributed by atoms with Gasteiger partial charge in [-0.2, -0.15) is 0 Å². The van der Waals surface area contributed by atoms with Gasteiger partial charge >= 0.3 is 0 Å². The molecule has 0 aromatic carbocycles. The second kappa shape index (κ2) is 21.3. The quantitative estimate of drug-likeness (QED) is 0.222. The van der Waals surface area contributed by atoms with Gasteiger partial charge in [0.25, 0.3) is 0 Å². The number of fused-ring (bicyclic) bond motifs is 11. The minimum absolute atomic E-state index is 0.0983. The van der Waals surface area contributed by atoms with E-state index in [0.717, 1.165) is 25.7 Å². The third-order valence-corrected chi connectivity index (χ3v) is 20.3. The molecule has 1 spiro atoms. The van der Waals surface area contributed by atoms with E-state index in [2.05, 4.69) is 64.7 Å². The predicted octanol–water partition coefficient (Wildman–Crippen LogP) is 5.83. The molecule has 0 aliphatic carbocycles. The van der Waals surface area contributed by atoms with E-state index in [9.17, 15) is 15.3 Å².